The first-order valence-corrected chi connectivity index (χ1v) is 8.28. The molecule has 22 heavy (non-hydrogen) atoms. The van der Waals surface area contributed by atoms with Crippen molar-refractivity contribution in [3.63, 3.8) is 0 Å². The monoisotopic (exact) mass is 303 g/mol. The van der Waals surface area contributed by atoms with E-state index in [0.717, 1.165) is 23.3 Å². The molecule has 1 N–H and O–H groups in total. The number of ether oxygens (including phenoxy) is 2. The number of rotatable bonds is 7. The molecule has 120 valence electrons. The normalized spacial score (nSPS) is 26.0. The molecule has 2 fully saturated rings. The lowest BCUT2D eigenvalue weighted by Gasteiger charge is -2.20. The molecule has 3 rings (SSSR count). The third-order valence-corrected chi connectivity index (χ3v) is 5.08. The molecule has 0 radical (unpaired) electrons. The van der Waals surface area contributed by atoms with Gasteiger partial charge in [0, 0.05) is 6.42 Å². The Morgan fingerprint density at radius 3 is 2.59 bits per heavy atom. The number of hydrogen-bond donors (Lipinski definition) is 1. The third kappa shape index (κ3) is 3.73. The second kappa shape index (κ2) is 7.03. The standard InChI is InChI=1S/C18H25NO3/c1-21-16-4-6-17(7-5-16)22-9-8-19-18(20)12-15-11-13-2-3-14(15)10-13/h4-7,13-15H,2-3,8-12H2,1H3,(H,19,20)/t13-,14+,15-/m0/s1. The van der Waals surface area contributed by atoms with E-state index < -0.39 is 0 Å². The van der Waals surface area contributed by atoms with Crippen LogP contribution in [0.2, 0.25) is 0 Å². The Kier molecular flexibility index (Phi) is 4.86. The van der Waals surface area contributed by atoms with Gasteiger partial charge in [0.2, 0.25) is 5.91 Å². The Hall–Kier alpha value is -1.71. The number of methoxy groups -OCH3 is 1. The van der Waals surface area contributed by atoms with E-state index in [0.29, 0.717) is 25.5 Å². The van der Waals surface area contributed by atoms with Gasteiger partial charge in [-0.25, -0.2) is 0 Å². The van der Waals surface area contributed by atoms with Crippen LogP contribution in [0.3, 0.4) is 0 Å². The molecule has 2 aliphatic rings. The van der Waals surface area contributed by atoms with Crippen molar-refractivity contribution in [2.75, 3.05) is 20.3 Å². The number of fused-ring (bicyclic) bond motifs is 2. The zero-order chi connectivity index (χ0) is 15.4. The predicted molar refractivity (Wildman–Crippen MR) is 85.1 cm³/mol. The minimum Gasteiger partial charge on any atom is -0.497 e. The Bertz CT molecular complexity index is 500. The van der Waals surface area contributed by atoms with E-state index in [1.54, 1.807) is 7.11 Å². The first-order valence-electron chi connectivity index (χ1n) is 8.28. The van der Waals surface area contributed by atoms with Crippen LogP contribution in [0.25, 0.3) is 0 Å². The van der Waals surface area contributed by atoms with Gasteiger partial charge < -0.3 is 14.8 Å². The molecule has 4 heteroatoms. The van der Waals surface area contributed by atoms with Crippen molar-refractivity contribution in [1.82, 2.24) is 5.32 Å². The molecule has 2 bridgehead atoms. The second-order valence-electron chi connectivity index (χ2n) is 6.51. The number of amides is 1. The van der Waals surface area contributed by atoms with Crippen LogP contribution in [-0.4, -0.2) is 26.2 Å². The van der Waals surface area contributed by atoms with Gasteiger partial charge in [-0.2, -0.15) is 0 Å². The molecule has 3 atom stereocenters. The Morgan fingerprint density at radius 2 is 1.95 bits per heavy atom. The summed E-state index contributed by atoms with van der Waals surface area (Å²) in [5, 5.41) is 2.97. The van der Waals surface area contributed by atoms with Gasteiger partial charge in [-0.1, -0.05) is 6.42 Å². The van der Waals surface area contributed by atoms with Crippen LogP contribution in [0.4, 0.5) is 0 Å². The van der Waals surface area contributed by atoms with E-state index in [-0.39, 0.29) is 5.91 Å². The van der Waals surface area contributed by atoms with E-state index in [9.17, 15) is 4.79 Å². The highest BCUT2D eigenvalue weighted by Gasteiger charge is 2.39. The molecular weight excluding hydrogens is 278 g/mol. The number of carbonyl (C=O) groups is 1. The SMILES string of the molecule is COc1ccc(OCCNC(=O)C[C@@H]2C[C@H]3CC[C@@H]2C3)cc1. The molecule has 1 amide bonds. The molecule has 0 spiro atoms. The molecule has 2 aliphatic carbocycles. The smallest absolute Gasteiger partial charge is 0.220 e. The molecule has 0 aromatic heterocycles. The predicted octanol–water partition coefficient (Wildman–Crippen LogP) is 3.02. The minimum absolute atomic E-state index is 0.177. The maximum Gasteiger partial charge on any atom is 0.220 e. The van der Waals surface area contributed by atoms with Crippen LogP contribution < -0.4 is 14.8 Å². The van der Waals surface area contributed by atoms with E-state index in [2.05, 4.69) is 5.32 Å². The van der Waals surface area contributed by atoms with Gasteiger partial charge in [-0.05, 0) is 61.3 Å². The highest BCUT2D eigenvalue weighted by molar-refractivity contribution is 5.76. The summed E-state index contributed by atoms with van der Waals surface area (Å²) >= 11 is 0. The lowest BCUT2D eigenvalue weighted by Crippen LogP contribution is -2.30. The molecule has 4 nitrogen and oxygen atoms in total. The summed E-state index contributed by atoms with van der Waals surface area (Å²) in [6, 6.07) is 7.47. The zero-order valence-corrected chi connectivity index (χ0v) is 13.2. The van der Waals surface area contributed by atoms with Gasteiger partial charge in [-0.3, -0.25) is 4.79 Å². The molecule has 0 aliphatic heterocycles. The second-order valence-corrected chi connectivity index (χ2v) is 6.51. The molecule has 1 aromatic rings. The molecule has 1 aromatic carbocycles. The first-order chi connectivity index (χ1) is 10.7. The maximum atomic E-state index is 12.0. The van der Waals surface area contributed by atoms with Crippen molar-refractivity contribution in [2.45, 2.75) is 32.1 Å². The lowest BCUT2D eigenvalue weighted by atomic mass is 9.86. The lowest BCUT2D eigenvalue weighted by molar-refractivity contribution is -0.122. The molecule has 0 heterocycles. The van der Waals surface area contributed by atoms with Crippen molar-refractivity contribution >= 4 is 5.91 Å². The Balaban J connectivity index is 1.31. The van der Waals surface area contributed by atoms with Crippen LogP contribution in [-0.2, 0) is 4.79 Å². The third-order valence-electron chi connectivity index (χ3n) is 5.08. The van der Waals surface area contributed by atoms with Crippen molar-refractivity contribution in [2.24, 2.45) is 17.8 Å². The van der Waals surface area contributed by atoms with Crippen molar-refractivity contribution < 1.29 is 14.3 Å². The average molecular weight is 303 g/mol. The summed E-state index contributed by atoms with van der Waals surface area (Å²) in [5.41, 5.74) is 0. The number of benzene rings is 1. The quantitative estimate of drug-likeness (QED) is 0.788. The zero-order valence-electron chi connectivity index (χ0n) is 13.2. The summed E-state index contributed by atoms with van der Waals surface area (Å²) in [5.74, 6) is 4.12. The molecular formula is C18H25NO3. The van der Waals surface area contributed by atoms with E-state index in [4.69, 9.17) is 9.47 Å². The summed E-state index contributed by atoms with van der Waals surface area (Å²) in [6.45, 7) is 1.06. The van der Waals surface area contributed by atoms with Crippen LogP contribution >= 0.6 is 0 Å². The number of carbonyl (C=O) groups excluding carboxylic acids is 1. The fraction of sp³-hybridized carbons (Fsp3) is 0.611. The van der Waals surface area contributed by atoms with E-state index >= 15 is 0 Å². The number of hydrogen-bond acceptors (Lipinski definition) is 3. The van der Waals surface area contributed by atoms with Crippen LogP contribution in [0.15, 0.2) is 24.3 Å². The van der Waals surface area contributed by atoms with Crippen molar-refractivity contribution in [1.29, 1.82) is 0 Å². The van der Waals surface area contributed by atoms with E-state index in [1.165, 1.54) is 25.7 Å². The van der Waals surface area contributed by atoms with Crippen LogP contribution in [0.5, 0.6) is 11.5 Å². The van der Waals surface area contributed by atoms with Gasteiger partial charge in [0.25, 0.3) is 0 Å². The molecule has 0 saturated heterocycles. The summed E-state index contributed by atoms with van der Waals surface area (Å²) in [4.78, 5) is 12.0. The highest BCUT2D eigenvalue weighted by atomic mass is 16.5. The van der Waals surface area contributed by atoms with Gasteiger partial charge in [-0.15, -0.1) is 0 Å². The maximum absolute atomic E-state index is 12.0. The fourth-order valence-electron chi connectivity index (χ4n) is 3.97. The minimum atomic E-state index is 0.177. The highest BCUT2D eigenvalue weighted by Crippen LogP contribution is 2.49. The van der Waals surface area contributed by atoms with Gasteiger partial charge >= 0.3 is 0 Å². The number of nitrogens with one attached hydrogen (secondary N) is 1. The Morgan fingerprint density at radius 1 is 1.18 bits per heavy atom. The summed E-state index contributed by atoms with van der Waals surface area (Å²) in [7, 11) is 1.64. The van der Waals surface area contributed by atoms with Gasteiger partial charge in [0.05, 0.1) is 13.7 Å². The topological polar surface area (TPSA) is 47.6 Å². The summed E-state index contributed by atoms with van der Waals surface area (Å²) < 4.78 is 10.7. The Labute approximate surface area is 132 Å². The molecule has 2 saturated carbocycles. The van der Waals surface area contributed by atoms with E-state index in [1.807, 2.05) is 24.3 Å². The van der Waals surface area contributed by atoms with Crippen molar-refractivity contribution in [3.8, 4) is 11.5 Å². The summed E-state index contributed by atoms with van der Waals surface area (Å²) in [6.07, 6.45) is 6.05. The van der Waals surface area contributed by atoms with Crippen LogP contribution in [0, 0.1) is 17.8 Å². The van der Waals surface area contributed by atoms with Crippen molar-refractivity contribution in [3.05, 3.63) is 24.3 Å². The van der Waals surface area contributed by atoms with Gasteiger partial charge in [0.15, 0.2) is 0 Å². The molecule has 0 unspecified atom stereocenters. The average Bonchev–Trinajstić information content (AvgIpc) is 3.15. The first kappa shape index (κ1) is 15.2. The van der Waals surface area contributed by atoms with Gasteiger partial charge in [0.1, 0.15) is 18.1 Å². The van der Waals surface area contributed by atoms with Crippen LogP contribution in [0.1, 0.15) is 32.1 Å². The fourth-order valence-corrected chi connectivity index (χ4v) is 3.97. The largest absolute Gasteiger partial charge is 0.497 e.